The third-order valence-corrected chi connectivity index (χ3v) is 7.94. The monoisotopic (exact) mass is 446 g/mol. The molecule has 4 rings (SSSR count). The first-order valence-corrected chi connectivity index (χ1v) is 10.8. The SMILES string of the molecule is CC(=O)c1ccc2c(c1)[C@H]1[C@@H](Cl)[C@@H](Sc3ccccc3[N+](=O)[O-])C[C@H]1[C@H](C(=O)O)N2. The van der Waals surface area contributed by atoms with E-state index in [9.17, 15) is 24.8 Å². The minimum absolute atomic E-state index is 0.00779. The Morgan fingerprint density at radius 1 is 1.27 bits per heavy atom. The molecule has 2 aliphatic rings. The number of benzene rings is 2. The van der Waals surface area contributed by atoms with E-state index in [1.165, 1.54) is 24.8 Å². The molecule has 2 aromatic carbocycles. The third-order valence-electron chi connectivity index (χ3n) is 5.83. The summed E-state index contributed by atoms with van der Waals surface area (Å²) in [4.78, 5) is 35.3. The van der Waals surface area contributed by atoms with E-state index in [2.05, 4.69) is 5.32 Å². The standard InChI is InChI=1S/C21H19ClN2O5S/c1-10(25)11-6-7-14-12(8-11)18-13(20(23-14)21(26)27)9-17(19(18)22)30-16-5-3-2-4-15(16)24(28)29/h2-8,13,17-20,23H,9H2,1H3,(H,26,27)/t13-,17+,18-,19+,20-/m1/s1. The van der Waals surface area contributed by atoms with Crippen LogP contribution in [0, 0.1) is 16.0 Å². The summed E-state index contributed by atoms with van der Waals surface area (Å²) < 4.78 is 0. The Morgan fingerprint density at radius 3 is 2.67 bits per heavy atom. The van der Waals surface area contributed by atoms with E-state index in [-0.39, 0.29) is 28.6 Å². The number of anilines is 1. The number of nitrogens with zero attached hydrogens (tertiary/aromatic N) is 1. The summed E-state index contributed by atoms with van der Waals surface area (Å²) in [6, 6.07) is 10.8. The summed E-state index contributed by atoms with van der Waals surface area (Å²) in [5.41, 5.74) is 2.04. The maximum absolute atomic E-state index is 11.9. The lowest BCUT2D eigenvalue weighted by atomic mass is 9.79. The molecule has 7 nitrogen and oxygen atoms in total. The van der Waals surface area contributed by atoms with E-state index in [1.54, 1.807) is 36.4 Å². The lowest BCUT2D eigenvalue weighted by Gasteiger charge is -2.36. The molecular formula is C21H19ClN2O5S. The Bertz CT molecular complexity index is 1050. The van der Waals surface area contributed by atoms with Gasteiger partial charge in [0, 0.05) is 28.5 Å². The third kappa shape index (κ3) is 3.54. The maximum Gasteiger partial charge on any atom is 0.326 e. The average molecular weight is 447 g/mol. The summed E-state index contributed by atoms with van der Waals surface area (Å²) in [5.74, 6) is -1.61. The van der Waals surface area contributed by atoms with Crippen LogP contribution in [0.15, 0.2) is 47.4 Å². The molecule has 156 valence electrons. The van der Waals surface area contributed by atoms with Gasteiger partial charge in [0.15, 0.2) is 5.78 Å². The van der Waals surface area contributed by atoms with Crippen LogP contribution in [0.3, 0.4) is 0 Å². The minimum atomic E-state index is -0.966. The number of nitro benzene ring substituents is 1. The normalized spacial score (nSPS) is 26.9. The highest BCUT2D eigenvalue weighted by Gasteiger charge is 2.52. The summed E-state index contributed by atoms with van der Waals surface area (Å²) in [5, 5.41) is 23.6. The molecule has 0 amide bonds. The van der Waals surface area contributed by atoms with Crippen LogP contribution in [0.2, 0.25) is 0 Å². The van der Waals surface area contributed by atoms with Crippen LogP contribution in [0.1, 0.15) is 35.2 Å². The Kier molecular flexibility index (Phi) is 5.46. The van der Waals surface area contributed by atoms with Crippen molar-refractivity contribution in [3.8, 4) is 0 Å². The first-order chi connectivity index (χ1) is 14.3. The van der Waals surface area contributed by atoms with Crippen molar-refractivity contribution in [2.75, 3.05) is 5.32 Å². The van der Waals surface area contributed by atoms with Gasteiger partial charge in [-0.15, -0.1) is 23.4 Å². The van der Waals surface area contributed by atoms with E-state index in [1.807, 2.05) is 0 Å². The van der Waals surface area contributed by atoms with Crippen LogP contribution in [-0.4, -0.2) is 38.5 Å². The van der Waals surface area contributed by atoms with E-state index in [4.69, 9.17) is 11.6 Å². The number of Topliss-reactive ketones (excluding diaryl/α,β-unsaturated/α-hetero) is 1. The number of rotatable bonds is 5. The zero-order chi connectivity index (χ0) is 21.6. The van der Waals surface area contributed by atoms with Crippen LogP contribution in [0.4, 0.5) is 11.4 Å². The Hall–Kier alpha value is -2.58. The number of carbonyl (C=O) groups is 2. The van der Waals surface area contributed by atoms with Crippen LogP contribution in [0.5, 0.6) is 0 Å². The molecule has 0 spiro atoms. The topological polar surface area (TPSA) is 110 Å². The Morgan fingerprint density at radius 2 is 2.00 bits per heavy atom. The van der Waals surface area contributed by atoms with Crippen molar-refractivity contribution < 1.29 is 19.6 Å². The smallest absolute Gasteiger partial charge is 0.326 e. The van der Waals surface area contributed by atoms with Crippen LogP contribution < -0.4 is 5.32 Å². The van der Waals surface area contributed by atoms with Gasteiger partial charge in [-0.1, -0.05) is 12.1 Å². The van der Waals surface area contributed by atoms with Gasteiger partial charge in [0.2, 0.25) is 0 Å². The Balaban J connectivity index is 1.72. The number of hydrogen-bond acceptors (Lipinski definition) is 6. The summed E-state index contributed by atoms with van der Waals surface area (Å²) in [6.45, 7) is 1.48. The summed E-state index contributed by atoms with van der Waals surface area (Å²) in [7, 11) is 0. The number of alkyl halides is 1. The number of ketones is 1. The van der Waals surface area contributed by atoms with Gasteiger partial charge >= 0.3 is 5.97 Å². The van der Waals surface area contributed by atoms with Crippen molar-refractivity contribution >= 4 is 46.5 Å². The number of carboxylic acid groups (broad SMARTS) is 1. The average Bonchev–Trinajstić information content (AvgIpc) is 3.03. The molecule has 0 aromatic heterocycles. The predicted molar refractivity (Wildman–Crippen MR) is 115 cm³/mol. The van der Waals surface area contributed by atoms with Crippen molar-refractivity contribution in [1.29, 1.82) is 0 Å². The van der Waals surface area contributed by atoms with Crippen LogP contribution >= 0.6 is 23.4 Å². The number of fused-ring (bicyclic) bond motifs is 3. The Labute approximate surface area is 182 Å². The molecule has 2 N–H and O–H groups in total. The second kappa shape index (κ2) is 7.92. The highest BCUT2D eigenvalue weighted by molar-refractivity contribution is 8.00. The zero-order valence-electron chi connectivity index (χ0n) is 15.9. The zero-order valence-corrected chi connectivity index (χ0v) is 17.5. The van der Waals surface area contributed by atoms with Crippen molar-refractivity contribution in [3.05, 3.63) is 63.7 Å². The van der Waals surface area contributed by atoms with E-state index in [0.29, 0.717) is 22.6 Å². The highest BCUT2D eigenvalue weighted by Crippen LogP contribution is 2.55. The number of halogens is 1. The molecule has 0 bridgehead atoms. The minimum Gasteiger partial charge on any atom is -0.480 e. The molecule has 0 saturated heterocycles. The van der Waals surface area contributed by atoms with Crippen molar-refractivity contribution in [1.82, 2.24) is 0 Å². The largest absolute Gasteiger partial charge is 0.480 e. The summed E-state index contributed by atoms with van der Waals surface area (Å²) >= 11 is 8.18. The van der Waals surface area contributed by atoms with E-state index in [0.717, 1.165) is 5.56 Å². The molecule has 2 aromatic rings. The lowest BCUT2D eigenvalue weighted by molar-refractivity contribution is -0.387. The van der Waals surface area contributed by atoms with Gasteiger partial charge in [0.1, 0.15) is 6.04 Å². The second-order valence-corrected chi connectivity index (χ2v) is 9.35. The number of carbonyl (C=O) groups excluding carboxylic acids is 1. The van der Waals surface area contributed by atoms with E-state index < -0.39 is 22.3 Å². The molecule has 1 aliphatic carbocycles. The number of hydrogen-bond donors (Lipinski definition) is 2. The number of carboxylic acids is 1. The van der Waals surface area contributed by atoms with Gasteiger partial charge in [0.25, 0.3) is 5.69 Å². The van der Waals surface area contributed by atoms with Gasteiger partial charge in [-0.05, 0) is 49.1 Å². The number of para-hydroxylation sites is 1. The fraction of sp³-hybridized carbons (Fsp3) is 0.333. The molecule has 1 heterocycles. The molecule has 5 atom stereocenters. The second-order valence-electron chi connectivity index (χ2n) is 7.57. The maximum atomic E-state index is 11.9. The van der Waals surface area contributed by atoms with Crippen molar-refractivity contribution in [2.45, 2.75) is 40.8 Å². The van der Waals surface area contributed by atoms with Crippen LogP contribution in [0.25, 0.3) is 0 Å². The van der Waals surface area contributed by atoms with Crippen LogP contribution in [-0.2, 0) is 4.79 Å². The van der Waals surface area contributed by atoms with E-state index >= 15 is 0 Å². The van der Waals surface area contributed by atoms with Gasteiger partial charge in [-0.25, -0.2) is 4.79 Å². The molecule has 1 fully saturated rings. The number of aliphatic carboxylic acids is 1. The number of nitro groups is 1. The molecule has 0 unspecified atom stereocenters. The van der Waals surface area contributed by atoms with Crippen molar-refractivity contribution in [2.24, 2.45) is 5.92 Å². The fourth-order valence-corrected chi connectivity index (χ4v) is 6.39. The van der Waals surface area contributed by atoms with Gasteiger partial charge < -0.3 is 10.4 Å². The van der Waals surface area contributed by atoms with Gasteiger partial charge in [-0.2, -0.15) is 0 Å². The molecule has 9 heteroatoms. The molecule has 0 radical (unpaired) electrons. The molecule has 30 heavy (non-hydrogen) atoms. The quantitative estimate of drug-likeness (QED) is 0.300. The first-order valence-electron chi connectivity index (χ1n) is 9.46. The molecule has 1 aliphatic heterocycles. The van der Waals surface area contributed by atoms with Gasteiger partial charge in [-0.3, -0.25) is 14.9 Å². The fourth-order valence-electron chi connectivity index (χ4n) is 4.45. The lowest BCUT2D eigenvalue weighted by Crippen LogP contribution is -2.42. The molecule has 1 saturated carbocycles. The number of thioether (sulfide) groups is 1. The highest BCUT2D eigenvalue weighted by atomic mass is 35.5. The van der Waals surface area contributed by atoms with Gasteiger partial charge in [0.05, 0.1) is 15.2 Å². The summed E-state index contributed by atoms with van der Waals surface area (Å²) in [6.07, 6.45) is 0.489. The first kappa shape index (κ1) is 20.7. The predicted octanol–water partition coefficient (Wildman–Crippen LogP) is 4.55. The van der Waals surface area contributed by atoms with Crippen molar-refractivity contribution in [3.63, 3.8) is 0 Å². The molecular weight excluding hydrogens is 428 g/mol. The number of nitrogens with one attached hydrogen (secondary N) is 1.